The van der Waals surface area contributed by atoms with Crippen LogP contribution in [0.4, 0.5) is 13.2 Å². The Balaban J connectivity index is 2.23. The maximum atomic E-state index is 12.9. The van der Waals surface area contributed by atoms with Gasteiger partial charge in [-0.25, -0.2) is 0 Å². The normalized spacial score (nSPS) is 23.0. The van der Waals surface area contributed by atoms with Crippen LogP contribution in [0, 0.1) is 5.92 Å². The molecule has 0 amide bonds. The van der Waals surface area contributed by atoms with Crippen molar-refractivity contribution in [3.8, 4) is 0 Å². The summed E-state index contributed by atoms with van der Waals surface area (Å²) in [5, 5.41) is 0. The lowest BCUT2D eigenvalue weighted by Crippen LogP contribution is -2.36. The Morgan fingerprint density at radius 3 is 2.57 bits per heavy atom. The lowest BCUT2D eigenvalue weighted by Gasteiger charge is -2.28. The number of hydrogen-bond acceptors (Lipinski definition) is 4. The number of rotatable bonds is 2. The summed E-state index contributed by atoms with van der Waals surface area (Å²) in [6.07, 6.45) is -5.81. The van der Waals surface area contributed by atoms with E-state index in [2.05, 4.69) is 4.74 Å². The minimum absolute atomic E-state index is 0.0957. The van der Waals surface area contributed by atoms with Gasteiger partial charge in [0.05, 0.1) is 25.4 Å². The van der Waals surface area contributed by atoms with Crippen molar-refractivity contribution >= 4 is 11.8 Å². The molecule has 0 N–H and O–H groups in total. The summed E-state index contributed by atoms with van der Waals surface area (Å²) < 4.78 is 48.6. The number of ether oxygens (including phenoxy) is 2. The number of esters is 1. The first-order valence-electron chi connectivity index (χ1n) is 6.23. The van der Waals surface area contributed by atoms with Gasteiger partial charge in [-0.05, 0) is 11.6 Å². The Morgan fingerprint density at radius 1 is 1.33 bits per heavy atom. The van der Waals surface area contributed by atoms with Crippen molar-refractivity contribution in [2.24, 2.45) is 5.92 Å². The molecule has 114 valence electrons. The minimum Gasteiger partial charge on any atom is -0.468 e. The van der Waals surface area contributed by atoms with Crippen LogP contribution in [0.25, 0.3) is 0 Å². The fourth-order valence-electron chi connectivity index (χ4n) is 2.27. The lowest BCUT2D eigenvalue weighted by atomic mass is 9.91. The molecule has 1 aliphatic heterocycles. The molecule has 0 radical (unpaired) electrons. The van der Waals surface area contributed by atoms with E-state index in [0.29, 0.717) is 0 Å². The molecule has 0 aromatic heterocycles. The van der Waals surface area contributed by atoms with E-state index in [1.807, 2.05) is 0 Å². The Kier molecular flexibility index (Phi) is 4.32. The summed E-state index contributed by atoms with van der Waals surface area (Å²) in [6, 6.07) is 4.94. The molecule has 1 heterocycles. The van der Waals surface area contributed by atoms with Crippen molar-refractivity contribution in [3.05, 3.63) is 35.4 Å². The fourth-order valence-corrected chi connectivity index (χ4v) is 2.27. The highest BCUT2D eigenvalue weighted by molar-refractivity contribution is 5.99. The van der Waals surface area contributed by atoms with E-state index >= 15 is 0 Å². The molecule has 7 heteroatoms. The topological polar surface area (TPSA) is 52.6 Å². The number of alkyl halides is 3. The SMILES string of the molecule is COC(=O)C1COC(c2ccccc2C(F)(F)F)CC1=O. The molecule has 21 heavy (non-hydrogen) atoms. The second-order valence-electron chi connectivity index (χ2n) is 4.65. The smallest absolute Gasteiger partial charge is 0.416 e. The summed E-state index contributed by atoms with van der Waals surface area (Å²) >= 11 is 0. The molecule has 0 spiro atoms. The van der Waals surface area contributed by atoms with Crippen molar-refractivity contribution < 1.29 is 32.2 Å². The molecule has 1 fully saturated rings. The predicted octanol–water partition coefficient (Wildman–Crippen LogP) is 2.53. The number of benzene rings is 1. The molecule has 1 saturated heterocycles. The van der Waals surface area contributed by atoms with Crippen LogP contribution in [0.15, 0.2) is 24.3 Å². The molecular formula is C14H13F3O4. The molecule has 1 aromatic rings. The predicted molar refractivity (Wildman–Crippen MR) is 65.3 cm³/mol. The van der Waals surface area contributed by atoms with Gasteiger partial charge in [0, 0.05) is 6.42 Å². The Hall–Kier alpha value is -1.89. The van der Waals surface area contributed by atoms with Crippen LogP contribution in [0.3, 0.4) is 0 Å². The molecule has 2 unspecified atom stereocenters. The third kappa shape index (κ3) is 3.24. The zero-order valence-corrected chi connectivity index (χ0v) is 11.1. The summed E-state index contributed by atoms with van der Waals surface area (Å²) in [5.74, 6) is -2.28. The van der Waals surface area contributed by atoms with Crippen molar-refractivity contribution in [2.45, 2.75) is 18.7 Å². The van der Waals surface area contributed by atoms with Gasteiger partial charge in [-0.1, -0.05) is 18.2 Å². The molecule has 2 atom stereocenters. The maximum absolute atomic E-state index is 12.9. The number of ketones is 1. The van der Waals surface area contributed by atoms with E-state index < -0.39 is 35.5 Å². The second kappa shape index (κ2) is 5.85. The van der Waals surface area contributed by atoms with Crippen molar-refractivity contribution in [1.29, 1.82) is 0 Å². The van der Waals surface area contributed by atoms with E-state index in [4.69, 9.17) is 4.74 Å². The average molecular weight is 302 g/mol. The molecule has 2 rings (SSSR count). The van der Waals surface area contributed by atoms with Crippen LogP contribution in [-0.4, -0.2) is 25.5 Å². The van der Waals surface area contributed by atoms with E-state index in [-0.39, 0.29) is 18.6 Å². The van der Waals surface area contributed by atoms with Crippen LogP contribution in [0.2, 0.25) is 0 Å². The van der Waals surface area contributed by atoms with Crippen LogP contribution < -0.4 is 0 Å². The molecule has 0 saturated carbocycles. The molecule has 0 aliphatic carbocycles. The van der Waals surface area contributed by atoms with Gasteiger partial charge in [0.1, 0.15) is 5.92 Å². The molecule has 1 aliphatic rings. The number of Topliss-reactive ketones (excluding diaryl/α,β-unsaturated/α-hetero) is 1. The number of hydrogen-bond donors (Lipinski definition) is 0. The molecule has 4 nitrogen and oxygen atoms in total. The van der Waals surface area contributed by atoms with Gasteiger partial charge >= 0.3 is 12.1 Å². The van der Waals surface area contributed by atoms with Gasteiger partial charge in [0.25, 0.3) is 0 Å². The standard InChI is InChI=1S/C14H13F3O4/c1-20-13(19)9-7-21-12(6-11(9)18)8-4-2-3-5-10(8)14(15,16)17/h2-5,9,12H,6-7H2,1H3. The number of methoxy groups -OCH3 is 1. The first kappa shape index (κ1) is 15.5. The fraction of sp³-hybridized carbons (Fsp3) is 0.429. The number of halogens is 3. The van der Waals surface area contributed by atoms with Gasteiger partial charge < -0.3 is 9.47 Å². The van der Waals surface area contributed by atoms with Crippen molar-refractivity contribution in [1.82, 2.24) is 0 Å². The van der Waals surface area contributed by atoms with Gasteiger partial charge in [-0.15, -0.1) is 0 Å². The zero-order chi connectivity index (χ0) is 15.6. The summed E-state index contributed by atoms with van der Waals surface area (Å²) in [5.41, 5.74) is -0.930. The first-order valence-corrected chi connectivity index (χ1v) is 6.23. The van der Waals surface area contributed by atoms with E-state index in [1.165, 1.54) is 18.2 Å². The van der Waals surface area contributed by atoms with E-state index in [9.17, 15) is 22.8 Å². The molecule has 1 aromatic carbocycles. The molecule has 0 bridgehead atoms. The molecular weight excluding hydrogens is 289 g/mol. The maximum Gasteiger partial charge on any atom is 0.416 e. The quantitative estimate of drug-likeness (QED) is 0.622. The van der Waals surface area contributed by atoms with E-state index in [0.717, 1.165) is 13.2 Å². The van der Waals surface area contributed by atoms with Gasteiger partial charge in [0.15, 0.2) is 5.78 Å². The largest absolute Gasteiger partial charge is 0.468 e. The minimum atomic E-state index is -4.53. The summed E-state index contributed by atoms with van der Waals surface area (Å²) in [4.78, 5) is 23.2. The highest BCUT2D eigenvalue weighted by atomic mass is 19.4. The number of carbonyl (C=O) groups excluding carboxylic acids is 2. The van der Waals surface area contributed by atoms with E-state index in [1.54, 1.807) is 0 Å². The third-order valence-corrected chi connectivity index (χ3v) is 3.34. The summed E-state index contributed by atoms with van der Waals surface area (Å²) in [7, 11) is 1.14. The van der Waals surface area contributed by atoms with Crippen LogP contribution in [0.1, 0.15) is 23.7 Å². The summed E-state index contributed by atoms with van der Waals surface area (Å²) in [6.45, 7) is -0.275. The Bertz CT molecular complexity index is 553. The van der Waals surface area contributed by atoms with Crippen LogP contribution in [0.5, 0.6) is 0 Å². The lowest BCUT2D eigenvalue weighted by molar-refractivity contribution is -0.160. The van der Waals surface area contributed by atoms with Crippen molar-refractivity contribution in [3.63, 3.8) is 0 Å². The highest BCUT2D eigenvalue weighted by Crippen LogP contribution is 2.38. The van der Waals surface area contributed by atoms with Gasteiger partial charge in [0.2, 0.25) is 0 Å². The first-order chi connectivity index (χ1) is 9.84. The monoisotopic (exact) mass is 302 g/mol. The highest BCUT2D eigenvalue weighted by Gasteiger charge is 2.40. The van der Waals surface area contributed by atoms with Crippen molar-refractivity contribution in [2.75, 3.05) is 13.7 Å². The average Bonchev–Trinajstić information content (AvgIpc) is 2.45. The third-order valence-electron chi connectivity index (χ3n) is 3.34. The Morgan fingerprint density at radius 2 is 2.00 bits per heavy atom. The van der Waals surface area contributed by atoms with Crippen LogP contribution in [-0.2, 0) is 25.2 Å². The van der Waals surface area contributed by atoms with Gasteiger partial charge in [-0.3, -0.25) is 9.59 Å². The second-order valence-corrected chi connectivity index (χ2v) is 4.65. The number of carbonyl (C=O) groups is 2. The zero-order valence-electron chi connectivity index (χ0n) is 11.1. The van der Waals surface area contributed by atoms with Gasteiger partial charge in [-0.2, -0.15) is 13.2 Å². The van der Waals surface area contributed by atoms with Crippen LogP contribution >= 0.6 is 0 Å². The Labute approximate surface area is 118 Å².